The first-order valence-corrected chi connectivity index (χ1v) is 8.83. The summed E-state index contributed by atoms with van der Waals surface area (Å²) in [7, 11) is 4.03. The summed E-state index contributed by atoms with van der Waals surface area (Å²) in [6.45, 7) is 9.72. The van der Waals surface area contributed by atoms with Gasteiger partial charge in [0.15, 0.2) is 0 Å². The summed E-state index contributed by atoms with van der Waals surface area (Å²) in [5.74, 6) is 1.01. The predicted molar refractivity (Wildman–Crippen MR) is 99.8 cm³/mol. The first kappa shape index (κ1) is 18.5. The molecule has 0 aromatic carbocycles. The maximum atomic E-state index is 12.6. The topological polar surface area (TPSA) is 51.7 Å². The third-order valence-corrected chi connectivity index (χ3v) is 4.42. The van der Waals surface area contributed by atoms with Crippen molar-refractivity contribution in [2.24, 2.45) is 0 Å². The summed E-state index contributed by atoms with van der Waals surface area (Å²) in [5, 5.41) is 3.02. The van der Waals surface area contributed by atoms with E-state index >= 15 is 0 Å². The lowest BCUT2D eigenvalue weighted by atomic mass is 10.3. The molecule has 6 heteroatoms. The molecule has 2 rings (SSSR count). The van der Waals surface area contributed by atoms with Crippen LogP contribution in [0, 0.1) is 6.92 Å². The lowest BCUT2D eigenvalue weighted by Crippen LogP contribution is -2.43. The van der Waals surface area contributed by atoms with E-state index in [0.29, 0.717) is 6.54 Å². The zero-order chi connectivity index (χ0) is 17.7. The van der Waals surface area contributed by atoms with Crippen molar-refractivity contribution in [2.45, 2.75) is 39.7 Å². The van der Waals surface area contributed by atoms with Crippen molar-refractivity contribution < 1.29 is 4.79 Å². The van der Waals surface area contributed by atoms with Crippen LogP contribution in [0.25, 0.3) is 0 Å². The van der Waals surface area contributed by atoms with Gasteiger partial charge in [0, 0.05) is 32.2 Å². The Bertz CT molecular complexity index is 552. The summed E-state index contributed by atoms with van der Waals surface area (Å²) >= 11 is 0. The number of carbonyl (C=O) groups excluding carboxylic acids is 1. The van der Waals surface area contributed by atoms with Gasteiger partial charge in [0.2, 0.25) is 0 Å². The molecule has 0 aliphatic carbocycles. The molecule has 1 fully saturated rings. The SMILES string of the molecule is Cc1nc(N2CCCC2)ccc1NC(=O)N(CCN(C)C)C(C)C. The molecule has 6 nitrogen and oxygen atoms in total. The zero-order valence-corrected chi connectivity index (χ0v) is 15.7. The van der Waals surface area contributed by atoms with Gasteiger partial charge in [-0.1, -0.05) is 0 Å². The molecule has 0 radical (unpaired) electrons. The van der Waals surface area contributed by atoms with E-state index in [1.54, 1.807) is 0 Å². The highest BCUT2D eigenvalue weighted by Gasteiger charge is 2.19. The van der Waals surface area contributed by atoms with Crippen LogP contribution in [0.2, 0.25) is 0 Å². The van der Waals surface area contributed by atoms with Gasteiger partial charge in [-0.05, 0) is 59.8 Å². The molecular formula is C18H31N5O. The number of amides is 2. The molecule has 24 heavy (non-hydrogen) atoms. The number of hydrogen-bond acceptors (Lipinski definition) is 4. The van der Waals surface area contributed by atoms with Gasteiger partial charge >= 0.3 is 6.03 Å². The lowest BCUT2D eigenvalue weighted by molar-refractivity contribution is 0.189. The number of nitrogens with one attached hydrogen (secondary N) is 1. The Morgan fingerprint density at radius 1 is 1.25 bits per heavy atom. The van der Waals surface area contributed by atoms with E-state index in [1.807, 2.05) is 51.9 Å². The molecule has 0 spiro atoms. The maximum absolute atomic E-state index is 12.6. The zero-order valence-electron chi connectivity index (χ0n) is 15.7. The third-order valence-electron chi connectivity index (χ3n) is 4.42. The molecule has 1 saturated heterocycles. The molecular weight excluding hydrogens is 302 g/mol. The number of nitrogens with zero attached hydrogens (tertiary/aromatic N) is 4. The highest BCUT2D eigenvalue weighted by Crippen LogP contribution is 2.22. The van der Waals surface area contributed by atoms with Gasteiger partial charge in [0.05, 0.1) is 11.4 Å². The second kappa shape index (κ2) is 8.33. The maximum Gasteiger partial charge on any atom is 0.322 e. The van der Waals surface area contributed by atoms with Crippen LogP contribution in [0.15, 0.2) is 12.1 Å². The average molecular weight is 333 g/mol. The van der Waals surface area contributed by atoms with Gasteiger partial charge in [0.1, 0.15) is 5.82 Å². The molecule has 1 aromatic rings. The summed E-state index contributed by atoms with van der Waals surface area (Å²) in [6.07, 6.45) is 2.46. The Hall–Kier alpha value is -1.82. The van der Waals surface area contributed by atoms with Gasteiger partial charge in [0.25, 0.3) is 0 Å². The van der Waals surface area contributed by atoms with E-state index in [0.717, 1.165) is 36.8 Å². The second-order valence-electron chi connectivity index (χ2n) is 7.02. The number of urea groups is 1. The molecule has 134 valence electrons. The number of aromatic nitrogens is 1. The van der Waals surface area contributed by atoms with Crippen molar-refractivity contribution in [1.29, 1.82) is 0 Å². The number of anilines is 2. The van der Waals surface area contributed by atoms with E-state index < -0.39 is 0 Å². The van der Waals surface area contributed by atoms with Crippen LogP contribution < -0.4 is 10.2 Å². The number of hydrogen-bond donors (Lipinski definition) is 1. The normalized spacial score (nSPS) is 14.5. The van der Waals surface area contributed by atoms with Gasteiger partial charge < -0.3 is 20.0 Å². The quantitative estimate of drug-likeness (QED) is 0.870. The van der Waals surface area contributed by atoms with Crippen molar-refractivity contribution in [1.82, 2.24) is 14.8 Å². The van der Waals surface area contributed by atoms with E-state index in [1.165, 1.54) is 12.8 Å². The Morgan fingerprint density at radius 2 is 1.92 bits per heavy atom. The van der Waals surface area contributed by atoms with Gasteiger partial charge in [-0.2, -0.15) is 0 Å². The minimum Gasteiger partial charge on any atom is -0.357 e. The van der Waals surface area contributed by atoms with Crippen LogP contribution in [0.4, 0.5) is 16.3 Å². The van der Waals surface area contributed by atoms with Gasteiger partial charge in [-0.15, -0.1) is 0 Å². The van der Waals surface area contributed by atoms with E-state index in [-0.39, 0.29) is 12.1 Å². The smallest absolute Gasteiger partial charge is 0.322 e. The number of rotatable bonds is 6. The first-order valence-electron chi connectivity index (χ1n) is 8.83. The molecule has 0 unspecified atom stereocenters. The fourth-order valence-corrected chi connectivity index (χ4v) is 2.89. The molecule has 2 amide bonds. The fourth-order valence-electron chi connectivity index (χ4n) is 2.89. The first-order chi connectivity index (χ1) is 11.4. The number of aryl methyl sites for hydroxylation is 1. The predicted octanol–water partition coefficient (Wildman–Crippen LogP) is 2.79. The van der Waals surface area contributed by atoms with E-state index in [2.05, 4.69) is 20.1 Å². The third kappa shape index (κ3) is 4.84. The molecule has 1 aliphatic heterocycles. The molecule has 1 aliphatic rings. The number of likely N-dealkylation sites (N-methyl/N-ethyl adjacent to an activating group) is 1. The summed E-state index contributed by atoms with van der Waals surface area (Å²) in [5.41, 5.74) is 1.66. The summed E-state index contributed by atoms with van der Waals surface area (Å²) in [4.78, 5) is 23.5. The summed E-state index contributed by atoms with van der Waals surface area (Å²) in [6, 6.07) is 4.07. The van der Waals surface area contributed by atoms with Crippen molar-refractivity contribution in [3.8, 4) is 0 Å². The van der Waals surface area contributed by atoms with Crippen LogP contribution in [0.1, 0.15) is 32.4 Å². The Morgan fingerprint density at radius 3 is 2.46 bits per heavy atom. The van der Waals surface area contributed by atoms with Crippen LogP contribution in [-0.2, 0) is 0 Å². The monoisotopic (exact) mass is 333 g/mol. The number of carbonyl (C=O) groups is 1. The van der Waals surface area contributed by atoms with E-state index in [4.69, 9.17) is 0 Å². The Balaban J connectivity index is 2.03. The minimum atomic E-state index is -0.0642. The summed E-state index contributed by atoms with van der Waals surface area (Å²) < 4.78 is 0. The molecule has 0 atom stereocenters. The van der Waals surface area contributed by atoms with Crippen LogP contribution >= 0.6 is 0 Å². The van der Waals surface area contributed by atoms with Gasteiger partial charge in [-0.3, -0.25) is 0 Å². The molecule has 1 N–H and O–H groups in total. The molecule has 0 saturated carbocycles. The fraction of sp³-hybridized carbons (Fsp3) is 0.667. The molecule has 2 heterocycles. The van der Waals surface area contributed by atoms with Crippen LogP contribution in [0.5, 0.6) is 0 Å². The van der Waals surface area contributed by atoms with E-state index in [9.17, 15) is 4.79 Å². The second-order valence-corrected chi connectivity index (χ2v) is 7.02. The lowest BCUT2D eigenvalue weighted by Gasteiger charge is -2.28. The van der Waals surface area contributed by atoms with Gasteiger partial charge in [-0.25, -0.2) is 9.78 Å². The minimum absolute atomic E-state index is 0.0642. The Labute approximate surface area is 145 Å². The molecule has 1 aromatic heterocycles. The highest BCUT2D eigenvalue weighted by atomic mass is 16.2. The number of pyridine rings is 1. The van der Waals surface area contributed by atoms with Crippen molar-refractivity contribution >= 4 is 17.5 Å². The largest absolute Gasteiger partial charge is 0.357 e. The standard InChI is InChI=1S/C18H31N5O/c1-14(2)23(13-12-21(4)5)18(24)20-16-8-9-17(19-15(16)3)22-10-6-7-11-22/h8-9,14H,6-7,10-13H2,1-5H3,(H,20,24). The molecule has 0 bridgehead atoms. The highest BCUT2D eigenvalue weighted by molar-refractivity contribution is 5.90. The average Bonchev–Trinajstić information content (AvgIpc) is 3.03. The van der Waals surface area contributed by atoms with Crippen molar-refractivity contribution in [3.05, 3.63) is 17.8 Å². The van der Waals surface area contributed by atoms with Crippen LogP contribution in [-0.4, -0.2) is 67.1 Å². The van der Waals surface area contributed by atoms with Crippen molar-refractivity contribution in [2.75, 3.05) is 50.5 Å². The Kier molecular flexibility index (Phi) is 6.43. The van der Waals surface area contributed by atoms with Crippen molar-refractivity contribution in [3.63, 3.8) is 0 Å². The van der Waals surface area contributed by atoms with Crippen LogP contribution in [0.3, 0.4) is 0 Å².